The van der Waals surface area contributed by atoms with Gasteiger partial charge in [0.2, 0.25) is 5.96 Å². The van der Waals surface area contributed by atoms with Crippen molar-refractivity contribution in [2.24, 2.45) is 4.99 Å². The Morgan fingerprint density at radius 3 is 2.45 bits per heavy atom. The molecule has 0 fully saturated rings. The van der Waals surface area contributed by atoms with E-state index in [1.807, 2.05) is 12.1 Å². The number of aliphatic imine (C=N–C) groups is 1. The van der Waals surface area contributed by atoms with E-state index in [1.54, 1.807) is 20.3 Å². The van der Waals surface area contributed by atoms with E-state index in [1.165, 1.54) is 7.11 Å². The van der Waals surface area contributed by atoms with E-state index in [4.69, 9.17) is 9.47 Å². The molecule has 1 aromatic carbocycles. The van der Waals surface area contributed by atoms with Crippen molar-refractivity contribution in [1.29, 1.82) is 0 Å². The van der Waals surface area contributed by atoms with E-state index in [0.717, 1.165) is 5.56 Å². The largest absolute Gasteiger partial charge is 0.497 e. The average molecular weight is 279 g/mol. The summed E-state index contributed by atoms with van der Waals surface area (Å²) in [5.74, 6) is 1.79. The van der Waals surface area contributed by atoms with Crippen LogP contribution in [-0.2, 0) is 4.74 Å². The van der Waals surface area contributed by atoms with E-state index in [2.05, 4.69) is 20.4 Å². The van der Waals surface area contributed by atoms with Gasteiger partial charge >= 0.3 is 6.09 Å². The fourth-order valence-corrected chi connectivity index (χ4v) is 1.88. The third-order valence-electron chi connectivity index (χ3n) is 2.91. The second-order valence-electron chi connectivity index (χ2n) is 4.14. The number of benzene rings is 1. The number of carbonyl (C=O) groups is 1. The zero-order chi connectivity index (χ0) is 14.5. The molecule has 2 N–H and O–H groups in total. The molecule has 1 aromatic rings. The molecule has 1 aliphatic heterocycles. The zero-order valence-corrected chi connectivity index (χ0v) is 11.6. The summed E-state index contributed by atoms with van der Waals surface area (Å²) < 4.78 is 15.0. The third kappa shape index (κ3) is 3.11. The van der Waals surface area contributed by atoms with Crippen molar-refractivity contribution in [2.45, 2.75) is 6.04 Å². The van der Waals surface area contributed by atoms with Crippen molar-refractivity contribution in [2.75, 3.05) is 27.9 Å². The lowest BCUT2D eigenvalue weighted by atomic mass is 10.1. The van der Waals surface area contributed by atoms with Crippen LogP contribution in [0.3, 0.4) is 0 Å². The SMILES string of the molecule is COC(=O)NC1=NC(c2cc(OC)cc(OC)c2)CN1. The number of methoxy groups -OCH3 is 3. The lowest BCUT2D eigenvalue weighted by molar-refractivity contribution is 0.176. The summed E-state index contributed by atoms with van der Waals surface area (Å²) >= 11 is 0. The number of nitrogens with one attached hydrogen (secondary N) is 2. The normalized spacial score (nSPS) is 16.9. The predicted molar refractivity (Wildman–Crippen MR) is 73.3 cm³/mol. The standard InChI is InChI=1S/C13H17N3O4/c1-18-9-4-8(5-10(6-9)19-2)11-7-14-12(15-11)16-13(17)20-3/h4-6,11H,7H2,1-3H3,(H2,14,15,16,17). The number of rotatable bonds is 3. The topological polar surface area (TPSA) is 81.2 Å². The van der Waals surface area contributed by atoms with Crippen LogP contribution in [0.25, 0.3) is 0 Å². The molecular formula is C13H17N3O4. The van der Waals surface area contributed by atoms with Crippen molar-refractivity contribution >= 4 is 12.1 Å². The minimum absolute atomic E-state index is 0.119. The van der Waals surface area contributed by atoms with Crippen LogP contribution >= 0.6 is 0 Å². The van der Waals surface area contributed by atoms with Gasteiger partial charge in [0, 0.05) is 12.6 Å². The lowest BCUT2D eigenvalue weighted by Crippen LogP contribution is -2.37. The third-order valence-corrected chi connectivity index (χ3v) is 2.91. The van der Waals surface area contributed by atoms with Crippen LogP contribution in [0.15, 0.2) is 23.2 Å². The van der Waals surface area contributed by atoms with Gasteiger partial charge in [-0.15, -0.1) is 0 Å². The van der Waals surface area contributed by atoms with Crippen molar-refractivity contribution < 1.29 is 19.0 Å². The zero-order valence-electron chi connectivity index (χ0n) is 11.6. The highest BCUT2D eigenvalue weighted by Gasteiger charge is 2.21. The molecule has 108 valence electrons. The Bertz CT molecular complexity index is 508. The lowest BCUT2D eigenvalue weighted by Gasteiger charge is -2.11. The smallest absolute Gasteiger partial charge is 0.413 e. The summed E-state index contributed by atoms with van der Waals surface area (Å²) in [7, 11) is 4.49. The fraction of sp³-hybridized carbons (Fsp3) is 0.385. The Hall–Kier alpha value is -2.44. The van der Waals surface area contributed by atoms with Crippen molar-refractivity contribution in [3.63, 3.8) is 0 Å². The maximum absolute atomic E-state index is 11.1. The van der Waals surface area contributed by atoms with Gasteiger partial charge in [-0.25, -0.2) is 9.79 Å². The summed E-state index contributed by atoms with van der Waals surface area (Å²) in [6.07, 6.45) is -0.555. The molecule has 20 heavy (non-hydrogen) atoms. The van der Waals surface area contributed by atoms with Gasteiger partial charge in [0.1, 0.15) is 11.5 Å². The highest BCUT2D eigenvalue weighted by Crippen LogP contribution is 2.29. The van der Waals surface area contributed by atoms with E-state index in [9.17, 15) is 4.79 Å². The van der Waals surface area contributed by atoms with Gasteiger partial charge in [-0.3, -0.25) is 5.32 Å². The second kappa shape index (κ2) is 6.14. The number of hydrogen-bond acceptors (Lipinski definition) is 6. The van der Waals surface area contributed by atoms with E-state index < -0.39 is 6.09 Å². The summed E-state index contributed by atoms with van der Waals surface area (Å²) in [5.41, 5.74) is 0.940. The minimum Gasteiger partial charge on any atom is -0.497 e. The van der Waals surface area contributed by atoms with Crippen LogP contribution in [0, 0.1) is 0 Å². The van der Waals surface area contributed by atoms with E-state index in [0.29, 0.717) is 24.0 Å². The highest BCUT2D eigenvalue weighted by molar-refractivity contribution is 5.94. The Morgan fingerprint density at radius 1 is 1.25 bits per heavy atom. The molecule has 1 aliphatic rings. The monoisotopic (exact) mass is 279 g/mol. The molecular weight excluding hydrogens is 262 g/mol. The minimum atomic E-state index is -0.555. The molecule has 0 aromatic heterocycles. The first-order chi connectivity index (χ1) is 9.66. The Morgan fingerprint density at radius 2 is 1.90 bits per heavy atom. The molecule has 2 rings (SSSR count). The molecule has 7 nitrogen and oxygen atoms in total. The van der Waals surface area contributed by atoms with Crippen molar-refractivity contribution in [3.8, 4) is 11.5 Å². The maximum atomic E-state index is 11.1. The van der Waals surface area contributed by atoms with Crippen LogP contribution in [0.2, 0.25) is 0 Å². The summed E-state index contributed by atoms with van der Waals surface area (Å²) in [5, 5.41) is 5.50. The number of amides is 1. The van der Waals surface area contributed by atoms with Crippen LogP contribution in [-0.4, -0.2) is 39.9 Å². The quantitative estimate of drug-likeness (QED) is 0.864. The molecule has 0 radical (unpaired) electrons. The van der Waals surface area contributed by atoms with Crippen LogP contribution in [0.4, 0.5) is 4.79 Å². The first-order valence-corrected chi connectivity index (χ1v) is 6.06. The summed E-state index contributed by atoms with van der Waals surface area (Å²) in [6.45, 7) is 0.579. The molecule has 7 heteroatoms. The van der Waals surface area contributed by atoms with E-state index >= 15 is 0 Å². The number of nitrogens with zero attached hydrogens (tertiary/aromatic N) is 1. The summed E-state index contributed by atoms with van der Waals surface area (Å²) in [4.78, 5) is 15.5. The molecule has 1 unspecified atom stereocenters. The number of carbonyl (C=O) groups excluding carboxylic acids is 1. The van der Waals surface area contributed by atoms with E-state index in [-0.39, 0.29) is 6.04 Å². The number of hydrogen-bond donors (Lipinski definition) is 2. The fourth-order valence-electron chi connectivity index (χ4n) is 1.88. The molecule has 0 aliphatic carbocycles. The molecule has 0 bridgehead atoms. The van der Waals surface area contributed by atoms with Crippen LogP contribution in [0.5, 0.6) is 11.5 Å². The molecule has 1 amide bonds. The molecule has 0 saturated heterocycles. The van der Waals surface area contributed by atoms with Crippen LogP contribution in [0.1, 0.15) is 11.6 Å². The van der Waals surface area contributed by atoms with Gasteiger partial charge in [0.05, 0.1) is 27.4 Å². The number of guanidine groups is 1. The first-order valence-electron chi connectivity index (χ1n) is 6.06. The molecule has 0 spiro atoms. The van der Waals surface area contributed by atoms with Crippen molar-refractivity contribution in [1.82, 2.24) is 10.6 Å². The highest BCUT2D eigenvalue weighted by atomic mass is 16.5. The number of ether oxygens (including phenoxy) is 3. The van der Waals surface area contributed by atoms with Gasteiger partial charge in [-0.05, 0) is 17.7 Å². The molecule has 1 heterocycles. The summed E-state index contributed by atoms with van der Waals surface area (Å²) in [6, 6.07) is 5.45. The Kier molecular flexibility index (Phi) is 4.29. The molecule has 1 atom stereocenters. The van der Waals surface area contributed by atoms with Crippen molar-refractivity contribution in [3.05, 3.63) is 23.8 Å². The maximum Gasteiger partial charge on any atom is 0.413 e. The molecule has 0 saturated carbocycles. The number of alkyl carbamates (subject to hydrolysis) is 1. The van der Waals surface area contributed by atoms with Crippen LogP contribution < -0.4 is 20.1 Å². The van der Waals surface area contributed by atoms with Gasteiger partial charge < -0.3 is 19.5 Å². The van der Waals surface area contributed by atoms with Gasteiger partial charge in [0.15, 0.2) is 0 Å². The van der Waals surface area contributed by atoms with Gasteiger partial charge in [-0.1, -0.05) is 0 Å². The second-order valence-corrected chi connectivity index (χ2v) is 4.14. The Labute approximate surface area is 116 Å². The average Bonchev–Trinajstić information content (AvgIpc) is 2.94. The first kappa shape index (κ1) is 14.0. The Balaban J connectivity index is 2.18. The van der Waals surface area contributed by atoms with Gasteiger partial charge in [-0.2, -0.15) is 0 Å². The van der Waals surface area contributed by atoms with Gasteiger partial charge in [0.25, 0.3) is 0 Å². The predicted octanol–water partition coefficient (Wildman–Crippen LogP) is 1.06.